The minimum atomic E-state index is -0.156. The molecule has 0 radical (unpaired) electrons. The number of aromatic amines is 1. The van der Waals surface area contributed by atoms with Crippen molar-refractivity contribution in [1.82, 2.24) is 30.1 Å². The predicted octanol–water partition coefficient (Wildman–Crippen LogP) is 1.80. The lowest BCUT2D eigenvalue weighted by Crippen LogP contribution is -2.34. The smallest absolute Gasteiger partial charge is 0.252 e. The maximum atomic E-state index is 13.0. The first-order chi connectivity index (χ1) is 17.2. The van der Waals surface area contributed by atoms with Crippen molar-refractivity contribution in [3.8, 4) is 11.5 Å². The van der Waals surface area contributed by atoms with E-state index in [4.69, 9.17) is 14.2 Å². The second-order valence-corrected chi connectivity index (χ2v) is 9.03. The van der Waals surface area contributed by atoms with E-state index in [1.54, 1.807) is 0 Å². The highest BCUT2D eigenvalue weighted by atomic mass is 16.6. The van der Waals surface area contributed by atoms with Gasteiger partial charge in [-0.25, -0.2) is 4.68 Å². The first-order valence-electron chi connectivity index (χ1n) is 12.3. The number of nitrogens with one attached hydrogen (secondary N) is 1. The number of benzene rings is 1. The van der Waals surface area contributed by atoms with E-state index >= 15 is 0 Å². The van der Waals surface area contributed by atoms with Gasteiger partial charge in [-0.05, 0) is 48.2 Å². The van der Waals surface area contributed by atoms with Crippen molar-refractivity contribution in [3.63, 3.8) is 0 Å². The van der Waals surface area contributed by atoms with Gasteiger partial charge in [-0.2, -0.15) is 0 Å². The SMILES string of the molecule is CCC(c1nnnn1CC1CCCO1)N(CCCO)Cc1cc2cc3c(cc2[nH]c1=O)OCCO3. The molecule has 1 aromatic carbocycles. The van der Waals surface area contributed by atoms with Crippen molar-refractivity contribution in [1.29, 1.82) is 0 Å². The van der Waals surface area contributed by atoms with Crippen LogP contribution in [0.25, 0.3) is 10.9 Å². The first-order valence-corrected chi connectivity index (χ1v) is 12.3. The van der Waals surface area contributed by atoms with Crippen LogP contribution in [0.4, 0.5) is 0 Å². The fourth-order valence-corrected chi connectivity index (χ4v) is 4.91. The van der Waals surface area contributed by atoms with Gasteiger partial charge < -0.3 is 24.3 Å². The van der Waals surface area contributed by atoms with Crippen LogP contribution in [0.5, 0.6) is 11.5 Å². The Kier molecular flexibility index (Phi) is 7.26. The number of tetrazole rings is 1. The van der Waals surface area contributed by atoms with Gasteiger partial charge in [0.25, 0.3) is 5.56 Å². The van der Waals surface area contributed by atoms with E-state index in [9.17, 15) is 9.90 Å². The van der Waals surface area contributed by atoms with Gasteiger partial charge in [0, 0.05) is 43.3 Å². The van der Waals surface area contributed by atoms with E-state index in [0.29, 0.717) is 61.8 Å². The number of pyridine rings is 1. The van der Waals surface area contributed by atoms with Crippen LogP contribution < -0.4 is 15.0 Å². The second-order valence-electron chi connectivity index (χ2n) is 9.03. The van der Waals surface area contributed by atoms with Crippen LogP contribution in [0.3, 0.4) is 0 Å². The summed E-state index contributed by atoms with van der Waals surface area (Å²) in [4.78, 5) is 18.2. The number of ether oxygens (including phenoxy) is 3. The lowest BCUT2D eigenvalue weighted by molar-refractivity contribution is 0.0888. The maximum Gasteiger partial charge on any atom is 0.252 e. The summed E-state index contributed by atoms with van der Waals surface area (Å²) in [5.74, 6) is 2.07. The molecule has 2 aliphatic heterocycles. The standard InChI is InChI=1S/C24H32N6O5/c1-2-20(23-26-27-28-30(23)15-18-5-3-8-33-18)29(6-4-7-31)14-17-11-16-12-21-22(35-10-9-34-21)13-19(16)25-24(17)32/h11-13,18,20,31H,2-10,14-15H2,1H3,(H,25,32). The van der Waals surface area contributed by atoms with Crippen LogP contribution in [-0.2, 0) is 17.8 Å². The zero-order valence-electron chi connectivity index (χ0n) is 20.0. The summed E-state index contributed by atoms with van der Waals surface area (Å²) < 4.78 is 19.0. The third-order valence-corrected chi connectivity index (χ3v) is 6.65. The van der Waals surface area contributed by atoms with Crippen molar-refractivity contribution < 1.29 is 19.3 Å². The fourth-order valence-electron chi connectivity index (χ4n) is 4.91. The molecule has 1 saturated heterocycles. The monoisotopic (exact) mass is 484 g/mol. The van der Waals surface area contributed by atoms with Crippen LogP contribution in [0, 0.1) is 0 Å². The van der Waals surface area contributed by atoms with Crippen LogP contribution in [0.15, 0.2) is 23.0 Å². The Morgan fingerprint density at radius 2 is 2.06 bits per heavy atom. The van der Waals surface area contributed by atoms with E-state index in [2.05, 4.69) is 32.3 Å². The van der Waals surface area contributed by atoms with Crippen LogP contribution in [-0.4, -0.2) is 74.3 Å². The lowest BCUT2D eigenvalue weighted by Gasteiger charge is -2.30. The quantitative estimate of drug-likeness (QED) is 0.443. The number of nitrogens with zero attached hydrogens (tertiary/aromatic N) is 5. The van der Waals surface area contributed by atoms with Gasteiger partial charge in [-0.15, -0.1) is 5.10 Å². The summed E-state index contributed by atoms with van der Waals surface area (Å²) >= 11 is 0. The topological polar surface area (TPSA) is 128 Å². The lowest BCUT2D eigenvalue weighted by atomic mass is 10.1. The number of aromatic nitrogens is 5. The molecule has 2 aromatic heterocycles. The number of fused-ring (bicyclic) bond motifs is 2. The van der Waals surface area contributed by atoms with Crippen molar-refractivity contribution in [2.24, 2.45) is 0 Å². The number of hydrogen-bond donors (Lipinski definition) is 2. The third kappa shape index (κ3) is 5.16. The Labute approximate surface area is 203 Å². The molecule has 0 saturated carbocycles. The van der Waals surface area contributed by atoms with Gasteiger partial charge in [-0.1, -0.05) is 6.92 Å². The number of aliphatic hydroxyl groups is 1. The Balaban J connectivity index is 1.44. The Hall–Kier alpha value is -3.02. The molecule has 35 heavy (non-hydrogen) atoms. The number of hydrogen-bond acceptors (Lipinski definition) is 9. The molecule has 3 aromatic rings. The van der Waals surface area contributed by atoms with E-state index < -0.39 is 0 Å². The first kappa shape index (κ1) is 23.7. The summed E-state index contributed by atoms with van der Waals surface area (Å²) in [6, 6.07) is 5.50. The van der Waals surface area contributed by atoms with Gasteiger partial charge >= 0.3 is 0 Å². The third-order valence-electron chi connectivity index (χ3n) is 6.65. The summed E-state index contributed by atoms with van der Waals surface area (Å²) in [5.41, 5.74) is 1.18. The average molecular weight is 485 g/mol. The largest absolute Gasteiger partial charge is 0.486 e. The van der Waals surface area contributed by atoms with Crippen molar-refractivity contribution in [2.45, 2.75) is 57.8 Å². The Morgan fingerprint density at radius 1 is 1.23 bits per heavy atom. The average Bonchev–Trinajstić information content (AvgIpc) is 3.55. The summed E-state index contributed by atoms with van der Waals surface area (Å²) in [7, 11) is 0. The molecule has 0 bridgehead atoms. The molecule has 2 aliphatic rings. The normalized spacial score (nSPS) is 18.4. The Bertz CT molecular complexity index is 1200. The highest BCUT2D eigenvalue weighted by molar-refractivity contribution is 5.83. The fraction of sp³-hybridized carbons (Fsp3) is 0.583. The maximum absolute atomic E-state index is 13.0. The van der Waals surface area contributed by atoms with Crippen molar-refractivity contribution in [3.05, 3.63) is 39.9 Å². The van der Waals surface area contributed by atoms with E-state index in [1.807, 2.05) is 22.9 Å². The molecule has 5 rings (SSSR count). The van der Waals surface area contributed by atoms with Gasteiger partial charge in [0.1, 0.15) is 13.2 Å². The van der Waals surface area contributed by atoms with Crippen molar-refractivity contribution >= 4 is 10.9 Å². The molecule has 0 aliphatic carbocycles. The number of H-pyrrole nitrogens is 1. The van der Waals surface area contributed by atoms with Crippen molar-refractivity contribution in [2.75, 3.05) is 33.0 Å². The second kappa shape index (κ2) is 10.7. The molecule has 2 atom stereocenters. The van der Waals surface area contributed by atoms with Crippen LogP contribution >= 0.6 is 0 Å². The predicted molar refractivity (Wildman–Crippen MR) is 127 cm³/mol. The molecular formula is C24H32N6O5. The number of rotatable bonds is 10. The van der Waals surface area contributed by atoms with Crippen LogP contribution in [0.1, 0.15) is 50.0 Å². The molecule has 1 fully saturated rings. The summed E-state index contributed by atoms with van der Waals surface area (Å²) in [6.07, 6.45) is 3.48. The van der Waals surface area contributed by atoms with Gasteiger partial charge in [0.2, 0.25) is 0 Å². The minimum absolute atomic E-state index is 0.0609. The zero-order valence-corrected chi connectivity index (χ0v) is 20.0. The van der Waals surface area contributed by atoms with Gasteiger partial charge in [0.15, 0.2) is 17.3 Å². The van der Waals surface area contributed by atoms with E-state index in [-0.39, 0.29) is 24.3 Å². The Morgan fingerprint density at radius 3 is 2.80 bits per heavy atom. The van der Waals surface area contributed by atoms with Crippen LogP contribution in [0.2, 0.25) is 0 Å². The van der Waals surface area contributed by atoms with E-state index in [1.165, 1.54) is 0 Å². The van der Waals surface area contributed by atoms with Gasteiger partial charge in [-0.3, -0.25) is 9.69 Å². The summed E-state index contributed by atoms with van der Waals surface area (Å²) in [5, 5.41) is 22.9. The summed E-state index contributed by atoms with van der Waals surface area (Å²) in [6.45, 7) is 5.50. The molecular weight excluding hydrogens is 452 g/mol. The molecule has 11 nitrogen and oxygen atoms in total. The molecule has 4 heterocycles. The molecule has 11 heteroatoms. The molecule has 2 N–H and O–H groups in total. The minimum Gasteiger partial charge on any atom is -0.486 e. The molecule has 188 valence electrons. The van der Waals surface area contributed by atoms with Gasteiger partial charge in [0.05, 0.1) is 24.2 Å². The highest BCUT2D eigenvalue weighted by Crippen LogP contribution is 2.34. The highest BCUT2D eigenvalue weighted by Gasteiger charge is 2.27. The molecule has 0 amide bonds. The molecule has 2 unspecified atom stereocenters. The number of aliphatic hydroxyl groups excluding tert-OH is 1. The molecule has 0 spiro atoms. The zero-order chi connectivity index (χ0) is 24.2. The van der Waals surface area contributed by atoms with E-state index in [0.717, 1.165) is 37.1 Å².